The molecule has 0 saturated carbocycles. The Morgan fingerprint density at radius 3 is 2.55 bits per heavy atom. The molecule has 0 atom stereocenters. The summed E-state index contributed by atoms with van der Waals surface area (Å²) in [5.74, 6) is 0.0702. The molecule has 4 nitrogen and oxygen atoms in total. The van der Waals surface area contributed by atoms with Crippen LogP contribution in [0.15, 0.2) is 53.0 Å². The molecule has 0 fully saturated rings. The predicted molar refractivity (Wildman–Crippen MR) is 78.5 cm³/mol. The van der Waals surface area contributed by atoms with Crippen LogP contribution in [-0.2, 0) is 0 Å². The van der Waals surface area contributed by atoms with Crippen LogP contribution in [0.5, 0.6) is 11.5 Å². The highest BCUT2D eigenvalue weighted by atomic mass is 79.9. The van der Waals surface area contributed by atoms with E-state index in [1.54, 1.807) is 18.2 Å². The Labute approximate surface area is 125 Å². The molecule has 5 heteroatoms. The number of halogens is 1. The summed E-state index contributed by atoms with van der Waals surface area (Å²) in [6, 6.07) is 14.0. The number of carbonyl (C=O) groups is 1. The number of hydrogen-bond acceptors (Lipinski definition) is 3. The van der Waals surface area contributed by atoms with Gasteiger partial charge in [0.25, 0.3) is 0 Å². The zero-order valence-electron chi connectivity index (χ0n) is 10.6. The van der Waals surface area contributed by atoms with Gasteiger partial charge in [-0.15, -0.1) is 0 Å². The molecule has 0 saturated heterocycles. The van der Waals surface area contributed by atoms with Crippen molar-refractivity contribution in [2.24, 2.45) is 0 Å². The van der Waals surface area contributed by atoms with Crippen LogP contribution in [0, 0.1) is 0 Å². The van der Waals surface area contributed by atoms with Crippen LogP contribution in [0.25, 0.3) is 0 Å². The smallest absolute Gasteiger partial charge is 0.339 e. The van der Waals surface area contributed by atoms with Crippen molar-refractivity contribution in [3.8, 4) is 11.5 Å². The van der Waals surface area contributed by atoms with Crippen molar-refractivity contribution in [1.29, 1.82) is 0 Å². The van der Waals surface area contributed by atoms with Crippen LogP contribution in [0.4, 0.5) is 0 Å². The molecule has 0 bridgehead atoms. The van der Waals surface area contributed by atoms with Gasteiger partial charge >= 0.3 is 5.97 Å². The Kier molecular flexibility index (Phi) is 5.01. The van der Waals surface area contributed by atoms with Gasteiger partial charge < -0.3 is 14.6 Å². The van der Waals surface area contributed by atoms with Gasteiger partial charge in [0.15, 0.2) is 0 Å². The van der Waals surface area contributed by atoms with E-state index in [1.807, 2.05) is 24.3 Å². The van der Waals surface area contributed by atoms with E-state index in [1.165, 1.54) is 6.07 Å². The van der Waals surface area contributed by atoms with Crippen molar-refractivity contribution >= 4 is 21.9 Å². The van der Waals surface area contributed by atoms with Crippen LogP contribution in [-0.4, -0.2) is 24.3 Å². The fourth-order valence-electron chi connectivity index (χ4n) is 1.64. The highest BCUT2D eigenvalue weighted by Crippen LogP contribution is 2.19. The van der Waals surface area contributed by atoms with Crippen molar-refractivity contribution in [3.05, 3.63) is 58.6 Å². The summed E-state index contributed by atoms with van der Waals surface area (Å²) in [4.78, 5) is 11.0. The first-order valence-corrected chi connectivity index (χ1v) is 6.79. The third-order valence-electron chi connectivity index (χ3n) is 2.52. The molecule has 0 aromatic heterocycles. The second-order valence-electron chi connectivity index (χ2n) is 3.96. The Morgan fingerprint density at radius 2 is 1.80 bits per heavy atom. The van der Waals surface area contributed by atoms with Gasteiger partial charge in [-0.3, -0.25) is 0 Å². The molecule has 0 unspecified atom stereocenters. The summed E-state index contributed by atoms with van der Waals surface area (Å²) in [5, 5.41) is 9.01. The van der Waals surface area contributed by atoms with Gasteiger partial charge in [0.2, 0.25) is 0 Å². The van der Waals surface area contributed by atoms with E-state index < -0.39 is 5.97 Å². The lowest BCUT2D eigenvalue weighted by atomic mass is 10.2. The Balaban J connectivity index is 1.86. The molecule has 0 aliphatic carbocycles. The Hall–Kier alpha value is -2.01. The highest BCUT2D eigenvalue weighted by Gasteiger charge is 2.09. The number of ether oxygens (including phenoxy) is 2. The molecule has 0 aliphatic heterocycles. The zero-order chi connectivity index (χ0) is 14.4. The molecule has 20 heavy (non-hydrogen) atoms. The number of benzene rings is 2. The minimum absolute atomic E-state index is 0.148. The summed E-state index contributed by atoms with van der Waals surface area (Å²) in [7, 11) is 0. The molecule has 0 amide bonds. The van der Waals surface area contributed by atoms with Gasteiger partial charge in [-0.2, -0.15) is 0 Å². The molecule has 0 heterocycles. The average Bonchev–Trinajstić information content (AvgIpc) is 2.44. The summed E-state index contributed by atoms with van der Waals surface area (Å²) in [6.45, 7) is 0.612. The van der Waals surface area contributed by atoms with E-state index in [0.717, 1.165) is 10.2 Å². The van der Waals surface area contributed by atoms with Gasteiger partial charge in [-0.1, -0.05) is 34.1 Å². The molecule has 0 radical (unpaired) electrons. The molecule has 2 rings (SSSR count). The third kappa shape index (κ3) is 3.99. The Bertz CT molecular complexity index is 598. The third-order valence-corrected chi connectivity index (χ3v) is 3.02. The first kappa shape index (κ1) is 14.4. The summed E-state index contributed by atoms with van der Waals surface area (Å²) < 4.78 is 11.9. The maximum Gasteiger partial charge on any atom is 0.339 e. The minimum Gasteiger partial charge on any atom is -0.490 e. The quantitative estimate of drug-likeness (QED) is 0.819. The van der Waals surface area contributed by atoms with Crippen LogP contribution in [0.1, 0.15) is 10.4 Å². The highest BCUT2D eigenvalue weighted by molar-refractivity contribution is 9.10. The molecular formula is C15H13BrO4. The lowest BCUT2D eigenvalue weighted by Gasteiger charge is -2.10. The maximum absolute atomic E-state index is 11.0. The first-order valence-electron chi connectivity index (χ1n) is 6.00. The molecule has 2 aromatic rings. The molecule has 0 spiro atoms. The number of carboxylic acids is 1. The fourth-order valence-corrected chi connectivity index (χ4v) is 2.02. The molecule has 104 valence electrons. The second kappa shape index (κ2) is 6.96. The van der Waals surface area contributed by atoms with Crippen LogP contribution in [0.3, 0.4) is 0 Å². The van der Waals surface area contributed by atoms with Crippen molar-refractivity contribution in [1.82, 2.24) is 0 Å². The number of rotatable bonds is 6. The normalized spacial score (nSPS) is 10.1. The largest absolute Gasteiger partial charge is 0.490 e. The second-order valence-corrected chi connectivity index (χ2v) is 4.87. The standard InChI is InChI=1S/C15H13BrO4/c16-11-4-3-5-12(10-11)19-8-9-20-14-7-2-1-6-13(14)15(17)18/h1-7,10H,8-9H2,(H,17,18). The van der Waals surface area contributed by atoms with Gasteiger partial charge in [0.05, 0.1) is 0 Å². The maximum atomic E-state index is 11.0. The number of para-hydroxylation sites is 1. The molecule has 1 N–H and O–H groups in total. The lowest BCUT2D eigenvalue weighted by Crippen LogP contribution is -2.11. The van der Waals surface area contributed by atoms with Crippen molar-refractivity contribution < 1.29 is 19.4 Å². The number of aromatic carboxylic acids is 1. The number of carboxylic acid groups (broad SMARTS) is 1. The van der Waals surface area contributed by atoms with Crippen molar-refractivity contribution in [3.63, 3.8) is 0 Å². The summed E-state index contributed by atoms with van der Waals surface area (Å²) >= 11 is 3.36. The summed E-state index contributed by atoms with van der Waals surface area (Å²) in [5.41, 5.74) is 0.148. The van der Waals surface area contributed by atoms with Gasteiger partial charge in [-0.05, 0) is 30.3 Å². The van der Waals surface area contributed by atoms with Crippen molar-refractivity contribution in [2.45, 2.75) is 0 Å². The Morgan fingerprint density at radius 1 is 1.05 bits per heavy atom. The van der Waals surface area contributed by atoms with Crippen LogP contribution >= 0.6 is 15.9 Å². The van der Waals surface area contributed by atoms with E-state index >= 15 is 0 Å². The first-order chi connectivity index (χ1) is 9.66. The van der Waals surface area contributed by atoms with Crippen molar-refractivity contribution in [2.75, 3.05) is 13.2 Å². The van der Waals surface area contributed by atoms with Crippen LogP contribution < -0.4 is 9.47 Å². The predicted octanol–water partition coefficient (Wildman–Crippen LogP) is 3.61. The number of hydrogen-bond donors (Lipinski definition) is 1. The monoisotopic (exact) mass is 336 g/mol. The molecular weight excluding hydrogens is 324 g/mol. The minimum atomic E-state index is -1.01. The fraction of sp³-hybridized carbons (Fsp3) is 0.133. The van der Waals surface area contributed by atoms with Crippen LogP contribution in [0.2, 0.25) is 0 Å². The SMILES string of the molecule is O=C(O)c1ccccc1OCCOc1cccc(Br)c1. The van der Waals surface area contributed by atoms with Gasteiger partial charge in [0, 0.05) is 4.47 Å². The topological polar surface area (TPSA) is 55.8 Å². The van der Waals surface area contributed by atoms with Gasteiger partial charge in [-0.25, -0.2) is 4.79 Å². The van der Waals surface area contributed by atoms with E-state index in [-0.39, 0.29) is 12.2 Å². The zero-order valence-corrected chi connectivity index (χ0v) is 12.2. The molecule has 0 aliphatic rings. The van der Waals surface area contributed by atoms with E-state index in [4.69, 9.17) is 14.6 Å². The van der Waals surface area contributed by atoms with E-state index in [2.05, 4.69) is 15.9 Å². The van der Waals surface area contributed by atoms with E-state index in [9.17, 15) is 4.79 Å². The average molecular weight is 337 g/mol. The lowest BCUT2D eigenvalue weighted by molar-refractivity contribution is 0.0691. The molecule has 2 aromatic carbocycles. The summed E-state index contributed by atoms with van der Waals surface area (Å²) in [6.07, 6.45) is 0. The van der Waals surface area contributed by atoms with Gasteiger partial charge in [0.1, 0.15) is 30.3 Å². The van der Waals surface area contributed by atoms with E-state index in [0.29, 0.717) is 12.4 Å².